The highest BCUT2D eigenvalue weighted by atomic mass is 14.9. The van der Waals surface area contributed by atoms with E-state index >= 15 is 0 Å². The monoisotopic (exact) mass is 247 g/mol. The highest BCUT2D eigenvalue weighted by molar-refractivity contribution is 5.44. The summed E-state index contributed by atoms with van der Waals surface area (Å²) in [6, 6.07) is 2.87. The molecule has 0 saturated heterocycles. The molecule has 18 heavy (non-hydrogen) atoms. The summed E-state index contributed by atoms with van der Waals surface area (Å²) < 4.78 is 0. The number of nitrogens with one attached hydrogen (secondary N) is 1. The number of aryl methyl sites for hydroxylation is 2. The van der Waals surface area contributed by atoms with Gasteiger partial charge in [-0.1, -0.05) is 19.4 Å². The summed E-state index contributed by atoms with van der Waals surface area (Å²) in [6.07, 6.45) is 3.68. The minimum Gasteiger partial charge on any atom is -0.314 e. The predicted octanol–water partition coefficient (Wildman–Crippen LogP) is 4.24. The SMILES string of the molecule is CCCCNC(C)Cc1c(C)c(C)cc(C)c1C. The van der Waals surface area contributed by atoms with Crippen LogP contribution in [0.15, 0.2) is 6.07 Å². The van der Waals surface area contributed by atoms with Crippen LogP contribution in [0, 0.1) is 27.7 Å². The van der Waals surface area contributed by atoms with E-state index in [1.165, 1.54) is 35.1 Å². The molecule has 1 N–H and O–H groups in total. The Labute approximate surface area is 113 Å². The van der Waals surface area contributed by atoms with E-state index in [0.717, 1.165) is 13.0 Å². The Hall–Kier alpha value is -0.820. The van der Waals surface area contributed by atoms with Gasteiger partial charge in [0.15, 0.2) is 0 Å². The summed E-state index contributed by atoms with van der Waals surface area (Å²) in [4.78, 5) is 0. The van der Waals surface area contributed by atoms with Crippen LogP contribution in [0.3, 0.4) is 0 Å². The van der Waals surface area contributed by atoms with Gasteiger partial charge >= 0.3 is 0 Å². The first-order valence-electron chi connectivity index (χ1n) is 7.27. The van der Waals surface area contributed by atoms with Gasteiger partial charge in [-0.2, -0.15) is 0 Å². The molecule has 1 unspecified atom stereocenters. The van der Waals surface area contributed by atoms with Gasteiger partial charge in [0.2, 0.25) is 0 Å². The highest BCUT2D eigenvalue weighted by Crippen LogP contribution is 2.22. The van der Waals surface area contributed by atoms with Crippen LogP contribution in [0.5, 0.6) is 0 Å². The van der Waals surface area contributed by atoms with Crippen molar-refractivity contribution in [1.82, 2.24) is 5.32 Å². The van der Waals surface area contributed by atoms with Gasteiger partial charge < -0.3 is 5.32 Å². The molecule has 102 valence electrons. The molecule has 0 heterocycles. The van der Waals surface area contributed by atoms with Crippen molar-refractivity contribution in [1.29, 1.82) is 0 Å². The van der Waals surface area contributed by atoms with Gasteiger partial charge in [-0.25, -0.2) is 0 Å². The van der Waals surface area contributed by atoms with Crippen molar-refractivity contribution in [2.75, 3.05) is 6.54 Å². The zero-order chi connectivity index (χ0) is 13.7. The molecule has 1 rings (SSSR count). The number of benzene rings is 1. The highest BCUT2D eigenvalue weighted by Gasteiger charge is 2.11. The second-order valence-electron chi connectivity index (χ2n) is 5.65. The van der Waals surface area contributed by atoms with Gasteiger partial charge in [0.05, 0.1) is 0 Å². The molecule has 0 bridgehead atoms. The van der Waals surface area contributed by atoms with Crippen molar-refractivity contribution >= 4 is 0 Å². The summed E-state index contributed by atoms with van der Waals surface area (Å²) in [7, 11) is 0. The molecule has 0 saturated carbocycles. The van der Waals surface area contributed by atoms with E-state index in [4.69, 9.17) is 0 Å². The quantitative estimate of drug-likeness (QED) is 0.741. The Morgan fingerprint density at radius 2 is 1.61 bits per heavy atom. The van der Waals surface area contributed by atoms with Gasteiger partial charge in [-0.15, -0.1) is 0 Å². The fourth-order valence-electron chi connectivity index (χ4n) is 2.51. The second-order valence-corrected chi connectivity index (χ2v) is 5.65. The van der Waals surface area contributed by atoms with Crippen LogP contribution < -0.4 is 5.32 Å². The Morgan fingerprint density at radius 3 is 2.11 bits per heavy atom. The van der Waals surface area contributed by atoms with Crippen molar-refractivity contribution in [3.8, 4) is 0 Å². The molecule has 0 aromatic heterocycles. The lowest BCUT2D eigenvalue weighted by Gasteiger charge is -2.20. The number of hydrogen-bond donors (Lipinski definition) is 1. The average molecular weight is 247 g/mol. The number of hydrogen-bond acceptors (Lipinski definition) is 1. The van der Waals surface area contributed by atoms with Crippen molar-refractivity contribution in [2.45, 2.75) is 66.8 Å². The topological polar surface area (TPSA) is 12.0 Å². The Balaban J connectivity index is 2.77. The van der Waals surface area contributed by atoms with E-state index in [1.807, 2.05) is 0 Å². The van der Waals surface area contributed by atoms with Crippen LogP contribution >= 0.6 is 0 Å². The van der Waals surface area contributed by atoms with Gasteiger partial charge in [0, 0.05) is 6.04 Å². The molecular weight excluding hydrogens is 218 g/mol. The Bertz CT molecular complexity index is 367. The van der Waals surface area contributed by atoms with E-state index in [-0.39, 0.29) is 0 Å². The van der Waals surface area contributed by atoms with Crippen molar-refractivity contribution in [3.63, 3.8) is 0 Å². The van der Waals surface area contributed by atoms with E-state index in [1.54, 1.807) is 5.56 Å². The maximum Gasteiger partial charge on any atom is 0.00793 e. The van der Waals surface area contributed by atoms with E-state index in [0.29, 0.717) is 6.04 Å². The zero-order valence-corrected chi connectivity index (χ0v) is 13.0. The number of rotatable bonds is 6. The second kappa shape index (κ2) is 6.94. The van der Waals surface area contributed by atoms with Crippen LogP contribution in [0.1, 0.15) is 54.5 Å². The third-order valence-corrected chi connectivity index (χ3v) is 4.05. The molecule has 1 aromatic carbocycles. The van der Waals surface area contributed by atoms with Crippen LogP contribution in [0.2, 0.25) is 0 Å². The molecule has 0 aliphatic heterocycles. The van der Waals surface area contributed by atoms with Gasteiger partial charge in [0.1, 0.15) is 0 Å². The van der Waals surface area contributed by atoms with Gasteiger partial charge in [-0.05, 0) is 81.8 Å². The molecule has 1 atom stereocenters. The Morgan fingerprint density at radius 1 is 1.06 bits per heavy atom. The smallest absolute Gasteiger partial charge is 0.00793 e. The van der Waals surface area contributed by atoms with Gasteiger partial charge in [0.25, 0.3) is 0 Å². The van der Waals surface area contributed by atoms with E-state index < -0.39 is 0 Å². The average Bonchev–Trinajstić information content (AvgIpc) is 2.32. The molecule has 0 amide bonds. The van der Waals surface area contributed by atoms with Crippen LogP contribution in [0.4, 0.5) is 0 Å². The lowest BCUT2D eigenvalue weighted by atomic mass is 9.90. The van der Waals surface area contributed by atoms with E-state index in [2.05, 4.69) is 52.9 Å². The molecule has 0 spiro atoms. The van der Waals surface area contributed by atoms with Crippen LogP contribution in [-0.4, -0.2) is 12.6 Å². The standard InChI is InChI=1S/C17H29N/c1-7-8-9-18-14(4)11-17-15(5)12(2)10-13(3)16(17)6/h10,14,18H,7-9,11H2,1-6H3. The summed E-state index contributed by atoms with van der Waals surface area (Å²) in [5, 5.41) is 3.63. The summed E-state index contributed by atoms with van der Waals surface area (Å²) >= 11 is 0. The lowest BCUT2D eigenvalue weighted by Crippen LogP contribution is -2.29. The molecule has 1 nitrogen and oxygen atoms in total. The normalized spacial score (nSPS) is 12.8. The molecule has 1 heteroatoms. The first-order valence-corrected chi connectivity index (χ1v) is 7.27. The summed E-state index contributed by atoms with van der Waals surface area (Å²) in [6.45, 7) is 14.6. The largest absolute Gasteiger partial charge is 0.314 e. The van der Waals surface area contributed by atoms with Crippen molar-refractivity contribution < 1.29 is 0 Å². The van der Waals surface area contributed by atoms with Crippen LogP contribution in [0.25, 0.3) is 0 Å². The summed E-state index contributed by atoms with van der Waals surface area (Å²) in [5.74, 6) is 0. The minimum atomic E-state index is 0.565. The minimum absolute atomic E-state index is 0.565. The molecule has 0 aliphatic carbocycles. The lowest BCUT2D eigenvalue weighted by molar-refractivity contribution is 0.529. The van der Waals surface area contributed by atoms with E-state index in [9.17, 15) is 0 Å². The van der Waals surface area contributed by atoms with Crippen molar-refractivity contribution in [2.24, 2.45) is 0 Å². The fourth-order valence-corrected chi connectivity index (χ4v) is 2.51. The summed E-state index contributed by atoms with van der Waals surface area (Å²) in [5.41, 5.74) is 7.34. The third-order valence-electron chi connectivity index (χ3n) is 4.05. The molecule has 0 radical (unpaired) electrons. The molecule has 0 fully saturated rings. The van der Waals surface area contributed by atoms with Crippen LogP contribution in [-0.2, 0) is 6.42 Å². The Kier molecular flexibility index (Phi) is 5.87. The van der Waals surface area contributed by atoms with Crippen molar-refractivity contribution in [3.05, 3.63) is 33.9 Å². The molecular formula is C17H29N. The first-order chi connectivity index (χ1) is 8.47. The predicted molar refractivity (Wildman–Crippen MR) is 81.5 cm³/mol. The fraction of sp³-hybridized carbons (Fsp3) is 0.647. The van der Waals surface area contributed by atoms with Gasteiger partial charge in [-0.3, -0.25) is 0 Å². The maximum atomic E-state index is 3.63. The maximum absolute atomic E-state index is 3.63. The number of unbranched alkanes of at least 4 members (excludes halogenated alkanes) is 1. The molecule has 1 aromatic rings. The zero-order valence-electron chi connectivity index (χ0n) is 13.0. The molecule has 0 aliphatic rings. The third kappa shape index (κ3) is 3.84. The first kappa shape index (κ1) is 15.2.